The molecule has 1 spiro atoms. The highest BCUT2D eigenvalue weighted by molar-refractivity contribution is 5.94. The maximum absolute atomic E-state index is 13.5. The molecule has 226 valence electrons. The summed E-state index contributed by atoms with van der Waals surface area (Å²) in [7, 11) is 0. The molecule has 5 N–H and O–H groups in total. The number of aromatic nitrogens is 2. The maximum atomic E-state index is 13.5. The standard InChI is InChI=1S/C32H33N7O5/c1-31(2)25(36-15-26(40)38-21(14-33)11-20-12-24(20)38)13-32(29-37-30(43)44-39(29)31)22-7-5-18(27(34)41)9-16(22)3-4-17-10-19(28(35)42)6-8-23(17)32/h5-10,20-21,24-25,36H,3-4,11-13,15H2,1-2H3,(H2,34,41)(H2,35,42)/t20-,21?,24+,25+/m1/s1. The quantitative estimate of drug-likeness (QED) is 0.390. The number of nitriles is 1. The number of nitrogens with one attached hydrogen (secondary N) is 1. The lowest BCUT2D eigenvalue weighted by atomic mass is 9.63. The number of amides is 3. The second-order valence-corrected chi connectivity index (χ2v) is 13.0. The molecule has 12 nitrogen and oxygen atoms in total. The Balaban J connectivity index is 1.39. The summed E-state index contributed by atoms with van der Waals surface area (Å²) in [5, 5.41) is 13.1. The van der Waals surface area contributed by atoms with Crippen molar-refractivity contribution < 1.29 is 18.9 Å². The fourth-order valence-electron chi connectivity index (χ4n) is 7.89. The van der Waals surface area contributed by atoms with E-state index >= 15 is 0 Å². The molecule has 7 rings (SSSR count). The van der Waals surface area contributed by atoms with Gasteiger partial charge in [0.25, 0.3) is 0 Å². The molecule has 2 aromatic carbocycles. The summed E-state index contributed by atoms with van der Waals surface area (Å²) in [6, 6.07) is 12.2. The number of hydrogen-bond acceptors (Lipinski definition) is 8. The third-order valence-electron chi connectivity index (χ3n) is 10.2. The van der Waals surface area contributed by atoms with E-state index in [0.29, 0.717) is 48.6 Å². The SMILES string of the molecule is CC1(C)[C@@H](NCC(=O)N2C(C#N)C[C@@H]3C[C@@H]32)CC2(c3ccc(C(N)=O)cc3CCc3cc(C(N)=O)ccc32)c2nc(=O)on21. The summed E-state index contributed by atoms with van der Waals surface area (Å²) in [6.07, 6.45) is 3.08. The number of piperidine rings is 1. The molecule has 1 aromatic heterocycles. The van der Waals surface area contributed by atoms with Gasteiger partial charge in [-0.25, -0.2) is 4.79 Å². The third-order valence-corrected chi connectivity index (χ3v) is 10.2. The van der Waals surface area contributed by atoms with Crippen molar-refractivity contribution in [2.45, 2.75) is 75.0 Å². The number of rotatable bonds is 5. The number of benzene rings is 2. The van der Waals surface area contributed by atoms with Crippen molar-refractivity contribution in [3.05, 3.63) is 86.2 Å². The van der Waals surface area contributed by atoms with E-state index in [0.717, 1.165) is 28.7 Å². The minimum Gasteiger partial charge on any atom is -0.366 e. The smallest absolute Gasteiger partial charge is 0.366 e. The maximum Gasteiger partial charge on any atom is 0.459 e. The molecule has 1 saturated heterocycles. The first-order valence-electron chi connectivity index (χ1n) is 14.9. The molecule has 4 atom stereocenters. The molecule has 1 unspecified atom stereocenters. The van der Waals surface area contributed by atoms with Crippen LogP contribution in [0.2, 0.25) is 0 Å². The van der Waals surface area contributed by atoms with Crippen molar-refractivity contribution in [2.75, 3.05) is 6.54 Å². The minimum atomic E-state index is -1.06. The van der Waals surface area contributed by atoms with Crippen LogP contribution in [0.15, 0.2) is 45.7 Å². The molecule has 44 heavy (non-hydrogen) atoms. The van der Waals surface area contributed by atoms with E-state index in [1.165, 1.54) is 4.74 Å². The van der Waals surface area contributed by atoms with Crippen LogP contribution in [0.3, 0.4) is 0 Å². The van der Waals surface area contributed by atoms with Crippen LogP contribution in [0.25, 0.3) is 0 Å². The molecule has 2 fully saturated rings. The zero-order chi connectivity index (χ0) is 31.1. The van der Waals surface area contributed by atoms with Gasteiger partial charge >= 0.3 is 5.76 Å². The monoisotopic (exact) mass is 595 g/mol. The second-order valence-electron chi connectivity index (χ2n) is 13.0. The van der Waals surface area contributed by atoms with Crippen LogP contribution in [-0.2, 0) is 28.6 Å². The normalized spacial score (nSPS) is 25.2. The Bertz CT molecular complexity index is 1780. The van der Waals surface area contributed by atoms with E-state index in [4.69, 9.17) is 16.0 Å². The van der Waals surface area contributed by atoms with Gasteiger partial charge in [-0.2, -0.15) is 15.0 Å². The summed E-state index contributed by atoms with van der Waals surface area (Å²) < 4.78 is 7.30. The number of fused-ring (bicyclic) bond motifs is 7. The van der Waals surface area contributed by atoms with Crippen LogP contribution in [0.1, 0.15) is 81.9 Å². The Morgan fingerprint density at radius 1 is 1.05 bits per heavy atom. The van der Waals surface area contributed by atoms with Gasteiger partial charge in [0.1, 0.15) is 6.04 Å². The van der Waals surface area contributed by atoms with Crippen molar-refractivity contribution in [3.63, 3.8) is 0 Å². The van der Waals surface area contributed by atoms with Crippen LogP contribution in [-0.4, -0.2) is 57.0 Å². The Morgan fingerprint density at radius 3 is 2.23 bits per heavy atom. The fourth-order valence-corrected chi connectivity index (χ4v) is 7.89. The van der Waals surface area contributed by atoms with Crippen molar-refractivity contribution in [1.29, 1.82) is 5.26 Å². The molecule has 4 aliphatic rings. The number of nitrogens with two attached hydrogens (primary N) is 2. The van der Waals surface area contributed by atoms with Gasteiger partial charge in [0, 0.05) is 23.2 Å². The van der Waals surface area contributed by atoms with Crippen molar-refractivity contribution in [2.24, 2.45) is 17.4 Å². The lowest BCUT2D eigenvalue weighted by Crippen LogP contribution is -2.59. The fraction of sp³-hybridized carbons (Fsp3) is 0.438. The van der Waals surface area contributed by atoms with Crippen LogP contribution in [0, 0.1) is 17.2 Å². The Kier molecular flexibility index (Phi) is 6.13. The van der Waals surface area contributed by atoms with Gasteiger partial charge in [-0.05, 0) is 98.4 Å². The average molecular weight is 596 g/mol. The molecule has 0 radical (unpaired) electrons. The first-order chi connectivity index (χ1) is 20.9. The van der Waals surface area contributed by atoms with E-state index in [9.17, 15) is 24.4 Å². The topological polar surface area (TPSA) is 190 Å². The summed E-state index contributed by atoms with van der Waals surface area (Å²) in [5.74, 6) is -1.22. The summed E-state index contributed by atoms with van der Waals surface area (Å²) in [5.41, 5.74) is 13.5. The van der Waals surface area contributed by atoms with Crippen LogP contribution < -0.4 is 22.5 Å². The highest BCUT2D eigenvalue weighted by Crippen LogP contribution is 2.52. The van der Waals surface area contributed by atoms with Gasteiger partial charge in [-0.1, -0.05) is 12.1 Å². The van der Waals surface area contributed by atoms with Crippen LogP contribution in [0.5, 0.6) is 0 Å². The lowest BCUT2D eigenvalue weighted by Gasteiger charge is -2.48. The Morgan fingerprint density at radius 2 is 1.66 bits per heavy atom. The molecule has 1 saturated carbocycles. The second kappa shape index (κ2) is 9.62. The summed E-state index contributed by atoms with van der Waals surface area (Å²) in [6.45, 7) is 3.85. The molecule has 2 aliphatic carbocycles. The molecular formula is C32H33N7O5. The van der Waals surface area contributed by atoms with Gasteiger partial charge in [-0.15, -0.1) is 0 Å². The molecular weight excluding hydrogens is 562 g/mol. The third kappa shape index (κ3) is 4.02. The summed E-state index contributed by atoms with van der Waals surface area (Å²) in [4.78, 5) is 56.9. The Hall–Kier alpha value is -4.76. The lowest BCUT2D eigenvalue weighted by molar-refractivity contribution is -0.131. The van der Waals surface area contributed by atoms with Crippen molar-refractivity contribution in [1.82, 2.24) is 19.9 Å². The van der Waals surface area contributed by atoms with Gasteiger partial charge in [-0.3, -0.25) is 14.4 Å². The van der Waals surface area contributed by atoms with E-state index in [2.05, 4.69) is 16.4 Å². The predicted molar refractivity (Wildman–Crippen MR) is 156 cm³/mol. The van der Waals surface area contributed by atoms with E-state index in [1.54, 1.807) is 29.2 Å². The predicted octanol–water partition coefficient (Wildman–Crippen LogP) is 1.08. The zero-order valence-corrected chi connectivity index (χ0v) is 24.5. The van der Waals surface area contributed by atoms with Gasteiger partial charge in [0.05, 0.1) is 23.6 Å². The molecule has 3 heterocycles. The number of likely N-dealkylation sites (tertiary alicyclic amines) is 1. The van der Waals surface area contributed by atoms with Gasteiger partial charge in [0.15, 0.2) is 5.82 Å². The molecule has 3 amide bonds. The molecule has 12 heteroatoms. The molecule has 3 aromatic rings. The first kappa shape index (κ1) is 28.0. The average Bonchev–Trinajstić information content (AvgIpc) is 3.50. The number of carbonyl (C=O) groups is 3. The number of nitrogens with zero attached hydrogens (tertiary/aromatic N) is 4. The van der Waals surface area contributed by atoms with Crippen LogP contribution in [0.4, 0.5) is 0 Å². The number of primary amides is 2. The zero-order valence-electron chi connectivity index (χ0n) is 24.5. The van der Waals surface area contributed by atoms with E-state index < -0.39 is 40.6 Å². The molecule has 2 aliphatic heterocycles. The number of aryl methyl sites for hydroxylation is 2. The van der Waals surface area contributed by atoms with E-state index in [1.807, 2.05) is 26.0 Å². The number of hydrogen-bond donors (Lipinski definition) is 3. The summed E-state index contributed by atoms with van der Waals surface area (Å²) >= 11 is 0. The Labute approximate surface area is 253 Å². The van der Waals surface area contributed by atoms with Gasteiger partial charge < -0.3 is 26.2 Å². The highest BCUT2D eigenvalue weighted by atomic mass is 16.5. The first-order valence-corrected chi connectivity index (χ1v) is 14.9. The largest absolute Gasteiger partial charge is 0.459 e. The van der Waals surface area contributed by atoms with Crippen LogP contribution >= 0.6 is 0 Å². The van der Waals surface area contributed by atoms with Crippen molar-refractivity contribution >= 4 is 17.7 Å². The molecule has 0 bridgehead atoms. The van der Waals surface area contributed by atoms with Gasteiger partial charge in [0.2, 0.25) is 17.7 Å². The van der Waals surface area contributed by atoms with E-state index in [-0.39, 0.29) is 18.5 Å². The minimum absolute atomic E-state index is 0.000774. The highest BCUT2D eigenvalue weighted by Gasteiger charge is 2.57. The van der Waals surface area contributed by atoms with Crippen molar-refractivity contribution in [3.8, 4) is 6.07 Å². The number of carbonyl (C=O) groups excluding carboxylic acids is 3.